The molecule has 1 amide bonds. The van der Waals surface area contributed by atoms with E-state index in [-0.39, 0.29) is 5.91 Å². The van der Waals surface area contributed by atoms with Gasteiger partial charge in [0, 0.05) is 6.20 Å². The Morgan fingerprint density at radius 2 is 1.48 bits per heavy atom. The van der Waals surface area contributed by atoms with Gasteiger partial charge >= 0.3 is 5.69 Å². The van der Waals surface area contributed by atoms with Crippen molar-refractivity contribution in [1.82, 2.24) is 9.97 Å². The van der Waals surface area contributed by atoms with Crippen LogP contribution in [0.2, 0.25) is 0 Å². The van der Waals surface area contributed by atoms with Gasteiger partial charge in [-0.3, -0.25) is 9.78 Å². The number of benzene rings is 2. The second-order valence-corrected chi connectivity index (χ2v) is 5.03. The number of amides is 1. The van der Waals surface area contributed by atoms with Crippen molar-refractivity contribution in [3.8, 4) is 0 Å². The predicted octanol–water partition coefficient (Wildman–Crippen LogP) is 2.54. The summed E-state index contributed by atoms with van der Waals surface area (Å²) in [5, 5.41) is 2.75. The summed E-state index contributed by atoms with van der Waals surface area (Å²) in [4.78, 5) is 30.1. The summed E-state index contributed by atoms with van der Waals surface area (Å²) in [6.45, 7) is 0. The van der Waals surface area contributed by atoms with Crippen molar-refractivity contribution in [2.45, 2.75) is 5.92 Å². The van der Waals surface area contributed by atoms with Gasteiger partial charge in [0.05, 0.1) is 5.92 Å². The summed E-state index contributed by atoms with van der Waals surface area (Å²) in [5.74, 6) is -0.356. The molecular formula is C18H15N3O2. The van der Waals surface area contributed by atoms with Gasteiger partial charge in [0.25, 0.3) is 0 Å². The summed E-state index contributed by atoms with van der Waals surface area (Å²) >= 11 is 0. The lowest BCUT2D eigenvalue weighted by Gasteiger charge is -2.17. The number of aromatic amines is 1. The maximum atomic E-state index is 12.8. The average Bonchev–Trinajstić information content (AvgIpc) is 2.57. The number of hydrogen-bond acceptors (Lipinski definition) is 3. The molecular weight excluding hydrogens is 290 g/mol. The zero-order chi connectivity index (χ0) is 16.1. The van der Waals surface area contributed by atoms with Crippen LogP contribution in [0.4, 0.5) is 5.82 Å². The number of aromatic nitrogens is 2. The SMILES string of the molecule is O=C(Nc1ccnc(=O)[nH]1)C(c1ccccc1)c1ccccc1. The van der Waals surface area contributed by atoms with Crippen LogP contribution in [0.15, 0.2) is 77.7 Å². The highest BCUT2D eigenvalue weighted by molar-refractivity contribution is 5.97. The highest BCUT2D eigenvalue weighted by atomic mass is 16.2. The molecule has 0 radical (unpaired) electrons. The van der Waals surface area contributed by atoms with E-state index in [0.717, 1.165) is 11.1 Å². The summed E-state index contributed by atoms with van der Waals surface area (Å²) in [7, 11) is 0. The molecule has 114 valence electrons. The molecule has 1 aromatic heterocycles. The molecule has 23 heavy (non-hydrogen) atoms. The Bertz CT molecular complexity index is 805. The Kier molecular flexibility index (Phi) is 4.29. The van der Waals surface area contributed by atoms with Crippen molar-refractivity contribution < 1.29 is 4.79 Å². The second-order valence-electron chi connectivity index (χ2n) is 5.03. The number of rotatable bonds is 4. The van der Waals surface area contributed by atoms with Crippen LogP contribution in [0.1, 0.15) is 17.0 Å². The van der Waals surface area contributed by atoms with E-state index < -0.39 is 11.6 Å². The van der Waals surface area contributed by atoms with Gasteiger partial charge < -0.3 is 5.32 Å². The first-order valence-electron chi connectivity index (χ1n) is 7.20. The Morgan fingerprint density at radius 3 is 2.00 bits per heavy atom. The topological polar surface area (TPSA) is 74.8 Å². The maximum Gasteiger partial charge on any atom is 0.346 e. The molecule has 0 unspecified atom stereocenters. The van der Waals surface area contributed by atoms with Crippen LogP contribution < -0.4 is 11.0 Å². The lowest BCUT2D eigenvalue weighted by molar-refractivity contribution is -0.116. The second kappa shape index (κ2) is 6.70. The highest BCUT2D eigenvalue weighted by Gasteiger charge is 2.22. The van der Waals surface area contributed by atoms with Crippen LogP contribution in [0.3, 0.4) is 0 Å². The number of anilines is 1. The highest BCUT2D eigenvalue weighted by Crippen LogP contribution is 2.25. The van der Waals surface area contributed by atoms with Gasteiger partial charge in [0.2, 0.25) is 5.91 Å². The van der Waals surface area contributed by atoms with E-state index in [1.807, 2.05) is 60.7 Å². The fourth-order valence-corrected chi connectivity index (χ4v) is 2.43. The molecule has 2 aromatic carbocycles. The Hall–Kier alpha value is -3.21. The molecule has 0 saturated carbocycles. The van der Waals surface area contributed by atoms with E-state index in [9.17, 15) is 9.59 Å². The quantitative estimate of drug-likeness (QED) is 0.778. The van der Waals surface area contributed by atoms with E-state index in [2.05, 4.69) is 15.3 Å². The smallest absolute Gasteiger partial charge is 0.311 e. The Balaban J connectivity index is 1.95. The van der Waals surface area contributed by atoms with Crippen molar-refractivity contribution in [2.75, 3.05) is 5.32 Å². The molecule has 5 heteroatoms. The van der Waals surface area contributed by atoms with Crippen LogP contribution in [0.25, 0.3) is 0 Å². The number of carbonyl (C=O) groups excluding carboxylic acids is 1. The largest absolute Gasteiger partial charge is 0.346 e. The number of hydrogen-bond donors (Lipinski definition) is 2. The van der Waals surface area contributed by atoms with Gasteiger partial charge in [-0.1, -0.05) is 60.7 Å². The van der Waals surface area contributed by atoms with Crippen molar-refractivity contribution in [2.24, 2.45) is 0 Å². The molecule has 3 rings (SSSR count). The minimum Gasteiger partial charge on any atom is -0.311 e. The monoisotopic (exact) mass is 305 g/mol. The predicted molar refractivity (Wildman–Crippen MR) is 88.2 cm³/mol. The third-order valence-corrected chi connectivity index (χ3v) is 3.46. The van der Waals surface area contributed by atoms with Crippen molar-refractivity contribution in [3.63, 3.8) is 0 Å². The third-order valence-electron chi connectivity index (χ3n) is 3.46. The molecule has 0 saturated heterocycles. The molecule has 0 spiro atoms. The molecule has 0 aliphatic heterocycles. The number of nitrogens with zero attached hydrogens (tertiary/aromatic N) is 1. The van der Waals surface area contributed by atoms with Gasteiger partial charge in [0.1, 0.15) is 5.82 Å². The first-order valence-corrected chi connectivity index (χ1v) is 7.20. The standard InChI is InChI=1S/C18H15N3O2/c22-17(20-15-11-12-19-18(23)21-15)16(13-7-3-1-4-8-13)14-9-5-2-6-10-14/h1-12,16H,(H2,19,20,21,22,23). The van der Waals surface area contributed by atoms with Gasteiger partial charge in [-0.2, -0.15) is 0 Å². The summed E-state index contributed by atoms with van der Waals surface area (Å²) in [6.07, 6.45) is 1.36. The molecule has 5 nitrogen and oxygen atoms in total. The molecule has 2 N–H and O–H groups in total. The molecule has 0 bridgehead atoms. The van der Waals surface area contributed by atoms with Crippen LogP contribution >= 0.6 is 0 Å². The third kappa shape index (κ3) is 3.52. The summed E-state index contributed by atoms with van der Waals surface area (Å²) in [6, 6.07) is 20.6. The molecule has 0 fully saturated rings. The van der Waals surface area contributed by atoms with Crippen molar-refractivity contribution in [1.29, 1.82) is 0 Å². The van der Waals surface area contributed by atoms with Gasteiger partial charge in [0.15, 0.2) is 0 Å². The molecule has 3 aromatic rings. The number of carbonyl (C=O) groups is 1. The van der Waals surface area contributed by atoms with Gasteiger partial charge in [-0.25, -0.2) is 9.78 Å². The first kappa shape index (κ1) is 14.7. The van der Waals surface area contributed by atoms with Crippen molar-refractivity contribution >= 4 is 11.7 Å². The lowest BCUT2D eigenvalue weighted by atomic mass is 9.90. The zero-order valence-electron chi connectivity index (χ0n) is 12.3. The molecule has 0 aliphatic carbocycles. The maximum absolute atomic E-state index is 12.8. The number of H-pyrrole nitrogens is 1. The van der Waals surface area contributed by atoms with E-state index >= 15 is 0 Å². The van der Waals surface area contributed by atoms with E-state index in [1.165, 1.54) is 6.20 Å². The average molecular weight is 305 g/mol. The Labute approximate surface area is 133 Å². The van der Waals surface area contributed by atoms with E-state index in [1.54, 1.807) is 6.07 Å². The first-order chi connectivity index (χ1) is 11.2. The van der Waals surface area contributed by atoms with Gasteiger partial charge in [-0.05, 0) is 17.2 Å². The fourth-order valence-electron chi connectivity index (χ4n) is 2.43. The van der Waals surface area contributed by atoms with Crippen LogP contribution in [-0.2, 0) is 4.79 Å². The zero-order valence-corrected chi connectivity index (χ0v) is 12.3. The summed E-state index contributed by atoms with van der Waals surface area (Å²) < 4.78 is 0. The summed E-state index contributed by atoms with van der Waals surface area (Å²) in [5.41, 5.74) is 1.26. The van der Waals surface area contributed by atoms with Crippen molar-refractivity contribution in [3.05, 3.63) is 94.5 Å². The van der Waals surface area contributed by atoms with E-state index in [4.69, 9.17) is 0 Å². The Morgan fingerprint density at radius 1 is 0.913 bits per heavy atom. The number of nitrogens with one attached hydrogen (secondary N) is 2. The lowest BCUT2D eigenvalue weighted by Crippen LogP contribution is -2.24. The van der Waals surface area contributed by atoms with Crippen LogP contribution in [0, 0.1) is 0 Å². The minimum absolute atomic E-state index is 0.218. The minimum atomic E-state index is -0.501. The van der Waals surface area contributed by atoms with E-state index in [0.29, 0.717) is 5.82 Å². The molecule has 1 heterocycles. The molecule has 0 aliphatic rings. The molecule has 0 atom stereocenters. The normalized spacial score (nSPS) is 10.5. The van der Waals surface area contributed by atoms with Crippen LogP contribution in [-0.4, -0.2) is 15.9 Å². The fraction of sp³-hybridized carbons (Fsp3) is 0.0556. The van der Waals surface area contributed by atoms with Gasteiger partial charge in [-0.15, -0.1) is 0 Å². The van der Waals surface area contributed by atoms with Crippen LogP contribution in [0.5, 0.6) is 0 Å².